The number of nitrogens with zero attached hydrogens (tertiary/aromatic N) is 4. The van der Waals surface area contributed by atoms with Crippen molar-refractivity contribution < 1.29 is 4.42 Å². The van der Waals surface area contributed by atoms with E-state index < -0.39 is 0 Å². The standard InChI is InChI=1S/C22H16Cl2N6O2/c1-30-20-11(7-13(21(30)31)19-14(23)3-2-4-15(19)24)10-26-22(29-20)27-12-5-6-17-16(8-12)28-18(9-25)32-17/h2-8,10H,9,25H2,1H3,(H,26,27,29). The molecule has 8 nitrogen and oxygen atoms in total. The highest BCUT2D eigenvalue weighted by Crippen LogP contribution is 2.33. The molecule has 160 valence electrons. The van der Waals surface area contributed by atoms with E-state index >= 15 is 0 Å². The number of pyridine rings is 1. The molecule has 0 aliphatic carbocycles. The molecule has 0 bridgehead atoms. The zero-order valence-corrected chi connectivity index (χ0v) is 18.3. The molecule has 2 aromatic carbocycles. The summed E-state index contributed by atoms with van der Waals surface area (Å²) in [6, 6.07) is 12.2. The summed E-state index contributed by atoms with van der Waals surface area (Å²) >= 11 is 12.6. The van der Waals surface area contributed by atoms with Gasteiger partial charge >= 0.3 is 0 Å². The fourth-order valence-corrected chi connectivity index (χ4v) is 4.11. The van der Waals surface area contributed by atoms with Crippen molar-refractivity contribution in [2.45, 2.75) is 6.54 Å². The van der Waals surface area contributed by atoms with Gasteiger partial charge < -0.3 is 15.5 Å². The van der Waals surface area contributed by atoms with Gasteiger partial charge in [-0.25, -0.2) is 9.97 Å². The summed E-state index contributed by atoms with van der Waals surface area (Å²) in [5.41, 5.74) is 8.68. The Morgan fingerprint density at radius 1 is 1.12 bits per heavy atom. The first-order valence-electron chi connectivity index (χ1n) is 9.62. The Hall–Kier alpha value is -3.46. The smallest absolute Gasteiger partial charge is 0.259 e. The van der Waals surface area contributed by atoms with Gasteiger partial charge in [0.05, 0.1) is 22.2 Å². The highest BCUT2D eigenvalue weighted by molar-refractivity contribution is 6.39. The molecule has 0 spiro atoms. The van der Waals surface area contributed by atoms with E-state index in [0.717, 1.165) is 5.69 Å². The van der Waals surface area contributed by atoms with Crippen LogP contribution in [0.5, 0.6) is 0 Å². The van der Waals surface area contributed by atoms with Crippen LogP contribution in [0.15, 0.2) is 57.9 Å². The number of hydrogen-bond donors (Lipinski definition) is 2. The normalized spacial score (nSPS) is 11.4. The van der Waals surface area contributed by atoms with E-state index in [-0.39, 0.29) is 12.1 Å². The molecule has 0 fully saturated rings. The molecule has 5 aromatic rings. The van der Waals surface area contributed by atoms with Crippen molar-refractivity contribution in [3.8, 4) is 11.1 Å². The third-order valence-corrected chi connectivity index (χ3v) is 5.67. The number of rotatable bonds is 4. The zero-order valence-electron chi connectivity index (χ0n) is 16.8. The maximum absolute atomic E-state index is 13.1. The van der Waals surface area contributed by atoms with E-state index in [2.05, 4.69) is 20.3 Å². The van der Waals surface area contributed by atoms with Gasteiger partial charge in [-0.15, -0.1) is 0 Å². The molecule has 5 rings (SSSR count). The van der Waals surface area contributed by atoms with Crippen LogP contribution in [0.2, 0.25) is 10.0 Å². The lowest BCUT2D eigenvalue weighted by molar-refractivity contribution is 0.533. The van der Waals surface area contributed by atoms with Gasteiger partial charge in [-0.05, 0) is 36.4 Å². The number of anilines is 2. The molecular weight excluding hydrogens is 451 g/mol. The first-order chi connectivity index (χ1) is 15.4. The minimum Gasteiger partial charge on any atom is -0.439 e. The number of nitrogens with two attached hydrogens (primary N) is 1. The average molecular weight is 467 g/mol. The van der Waals surface area contributed by atoms with Gasteiger partial charge in [-0.3, -0.25) is 9.36 Å². The molecule has 3 heterocycles. The number of halogens is 2. The molecule has 0 amide bonds. The fraction of sp³-hybridized carbons (Fsp3) is 0.0909. The SMILES string of the molecule is Cn1c(=O)c(-c2c(Cl)cccc2Cl)cc2cnc(Nc3ccc4oc(CN)nc4c3)nc21. The van der Waals surface area contributed by atoms with Crippen LogP contribution in [0.25, 0.3) is 33.3 Å². The van der Waals surface area contributed by atoms with Gasteiger partial charge in [0.1, 0.15) is 11.2 Å². The lowest BCUT2D eigenvalue weighted by Crippen LogP contribution is -2.20. The van der Waals surface area contributed by atoms with Gasteiger partial charge in [0.2, 0.25) is 11.8 Å². The zero-order chi connectivity index (χ0) is 22.4. The molecule has 3 N–H and O–H groups in total. The molecule has 0 radical (unpaired) electrons. The molecule has 0 atom stereocenters. The van der Waals surface area contributed by atoms with Crippen molar-refractivity contribution in [3.05, 3.63) is 75.0 Å². The molecule has 0 unspecified atom stereocenters. The molecule has 0 saturated heterocycles. The third kappa shape index (κ3) is 3.48. The first kappa shape index (κ1) is 20.4. The maximum atomic E-state index is 13.1. The van der Waals surface area contributed by atoms with Gasteiger partial charge in [-0.2, -0.15) is 4.98 Å². The van der Waals surface area contributed by atoms with E-state index in [0.29, 0.717) is 55.1 Å². The minimum atomic E-state index is -0.268. The summed E-state index contributed by atoms with van der Waals surface area (Å²) in [6.45, 7) is 0.223. The molecule has 3 aromatic heterocycles. The van der Waals surface area contributed by atoms with Gasteiger partial charge in [-0.1, -0.05) is 29.3 Å². The summed E-state index contributed by atoms with van der Waals surface area (Å²) < 4.78 is 6.97. The van der Waals surface area contributed by atoms with E-state index in [4.69, 9.17) is 33.4 Å². The molecular formula is C22H16Cl2N6O2. The Morgan fingerprint density at radius 2 is 1.91 bits per heavy atom. The van der Waals surface area contributed by atoms with Crippen LogP contribution in [-0.4, -0.2) is 19.5 Å². The van der Waals surface area contributed by atoms with Gasteiger partial charge in [0, 0.05) is 29.9 Å². The van der Waals surface area contributed by atoms with Crippen molar-refractivity contribution in [1.82, 2.24) is 19.5 Å². The number of hydrogen-bond acceptors (Lipinski definition) is 7. The predicted octanol–water partition coefficient (Wildman–Crippen LogP) is 4.65. The highest BCUT2D eigenvalue weighted by atomic mass is 35.5. The molecule has 0 aliphatic heterocycles. The van der Waals surface area contributed by atoms with E-state index in [9.17, 15) is 4.79 Å². The summed E-state index contributed by atoms with van der Waals surface area (Å²) in [6.07, 6.45) is 1.64. The lowest BCUT2D eigenvalue weighted by Gasteiger charge is -2.12. The number of benzene rings is 2. The molecule has 10 heteroatoms. The number of aromatic nitrogens is 4. The second-order valence-corrected chi connectivity index (χ2v) is 7.93. The summed E-state index contributed by atoms with van der Waals surface area (Å²) in [4.78, 5) is 26.3. The van der Waals surface area contributed by atoms with Gasteiger partial charge in [0.25, 0.3) is 5.56 Å². The average Bonchev–Trinajstić information content (AvgIpc) is 3.20. The summed E-state index contributed by atoms with van der Waals surface area (Å²) in [7, 11) is 1.64. The monoisotopic (exact) mass is 466 g/mol. The summed E-state index contributed by atoms with van der Waals surface area (Å²) in [5, 5.41) is 4.60. The maximum Gasteiger partial charge on any atom is 0.259 e. The lowest BCUT2D eigenvalue weighted by atomic mass is 10.1. The number of fused-ring (bicyclic) bond motifs is 2. The van der Waals surface area contributed by atoms with Gasteiger partial charge in [0.15, 0.2) is 5.58 Å². The summed E-state index contributed by atoms with van der Waals surface area (Å²) in [5.74, 6) is 0.793. The number of aryl methyl sites for hydroxylation is 1. The number of oxazole rings is 1. The topological polar surface area (TPSA) is 112 Å². The van der Waals surface area contributed by atoms with E-state index in [1.165, 1.54) is 4.57 Å². The van der Waals surface area contributed by atoms with Crippen LogP contribution < -0.4 is 16.6 Å². The van der Waals surface area contributed by atoms with Crippen molar-refractivity contribution in [2.24, 2.45) is 12.8 Å². The third-order valence-electron chi connectivity index (χ3n) is 5.04. The van der Waals surface area contributed by atoms with Crippen LogP contribution in [0, 0.1) is 0 Å². The molecule has 0 aliphatic rings. The largest absolute Gasteiger partial charge is 0.439 e. The van der Waals surface area contributed by atoms with E-state index in [1.807, 2.05) is 12.1 Å². The Kier molecular flexibility index (Phi) is 5.05. The minimum absolute atomic E-state index is 0.223. The second-order valence-electron chi connectivity index (χ2n) is 7.11. The Morgan fingerprint density at radius 3 is 2.66 bits per heavy atom. The highest BCUT2D eigenvalue weighted by Gasteiger charge is 2.16. The van der Waals surface area contributed by atoms with Crippen LogP contribution >= 0.6 is 23.2 Å². The first-order valence-corrected chi connectivity index (χ1v) is 10.4. The fourth-order valence-electron chi connectivity index (χ4n) is 3.51. The Labute approximate surface area is 191 Å². The number of nitrogens with one attached hydrogen (secondary N) is 1. The van der Waals surface area contributed by atoms with Crippen LogP contribution in [0.1, 0.15) is 5.89 Å². The van der Waals surface area contributed by atoms with Crippen molar-refractivity contribution >= 4 is 57.0 Å². The molecule has 0 saturated carbocycles. The Bertz CT molecular complexity index is 1540. The second kappa shape index (κ2) is 7.90. The van der Waals surface area contributed by atoms with Crippen LogP contribution in [0.4, 0.5) is 11.6 Å². The van der Waals surface area contributed by atoms with Crippen LogP contribution in [-0.2, 0) is 13.6 Å². The van der Waals surface area contributed by atoms with Crippen molar-refractivity contribution in [3.63, 3.8) is 0 Å². The molecule has 32 heavy (non-hydrogen) atoms. The predicted molar refractivity (Wildman–Crippen MR) is 125 cm³/mol. The Balaban J connectivity index is 1.56. The van der Waals surface area contributed by atoms with Crippen molar-refractivity contribution in [1.29, 1.82) is 0 Å². The quantitative estimate of drug-likeness (QED) is 0.396. The van der Waals surface area contributed by atoms with Crippen LogP contribution in [0.3, 0.4) is 0 Å². The van der Waals surface area contributed by atoms with E-state index in [1.54, 1.807) is 43.6 Å². The van der Waals surface area contributed by atoms with Crippen molar-refractivity contribution in [2.75, 3.05) is 5.32 Å².